The van der Waals surface area contributed by atoms with Crippen LogP contribution in [0, 0.1) is 0 Å². The summed E-state index contributed by atoms with van der Waals surface area (Å²) in [6.07, 6.45) is 2.45. The number of phenols is 1. The number of hydrogen-bond acceptors (Lipinski definition) is 4. The number of nitrogens with one attached hydrogen (secondary N) is 1. The van der Waals surface area contributed by atoms with Crippen molar-refractivity contribution in [1.82, 2.24) is 5.32 Å². The Hall–Kier alpha value is -1.55. The van der Waals surface area contributed by atoms with Crippen LogP contribution in [0.1, 0.15) is 35.2 Å². The predicted molar refractivity (Wildman–Crippen MR) is 61.9 cm³/mol. The third kappa shape index (κ3) is 1.52. The quantitative estimate of drug-likeness (QED) is 0.667. The van der Waals surface area contributed by atoms with Crippen LogP contribution in [-0.2, 0) is 10.3 Å². The van der Waals surface area contributed by atoms with Crippen LogP contribution < -0.4 is 5.32 Å². The van der Waals surface area contributed by atoms with Crippen LogP contribution >= 0.6 is 0 Å². The topological polar surface area (TPSA) is 58.6 Å². The second-order valence-corrected chi connectivity index (χ2v) is 4.69. The van der Waals surface area contributed by atoms with E-state index in [0.717, 1.165) is 32.4 Å². The number of carbonyl (C=O) groups is 1. The maximum atomic E-state index is 11.8. The number of esters is 1. The van der Waals surface area contributed by atoms with Gasteiger partial charge in [-0.15, -0.1) is 0 Å². The van der Waals surface area contributed by atoms with Gasteiger partial charge >= 0.3 is 5.97 Å². The van der Waals surface area contributed by atoms with Crippen molar-refractivity contribution in [3.63, 3.8) is 0 Å². The van der Waals surface area contributed by atoms with Crippen molar-refractivity contribution in [2.75, 3.05) is 13.1 Å². The number of phenolic OH excluding ortho intramolecular Hbond substituents is 1. The van der Waals surface area contributed by atoms with Crippen LogP contribution in [-0.4, -0.2) is 24.2 Å². The zero-order chi connectivity index (χ0) is 11.9. The molecular weight excluding hydrogens is 218 g/mol. The Balaban J connectivity index is 2.13. The molecule has 0 bridgehead atoms. The van der Waals surface area contributed by atoms with E-state index in [2.05, 4.69) is 5.32 Å². The number of rotatable bonds is 0. The van der Waals surface area contributed by atoms with Crippen LogP contribution in [0.3, 0.4) is 0 Å². The Bertz CT molecular complexity index is 462. The molecule has 2 heterocycles. The zero-order valence-corrected chi connectivity index (χ0v) is 9.53. The molecule has 2 aliphatic rings. The summed E-state index contributed by atoms with van der Waals surface area (Å²) < 4.78 is 5.58. The van der Waals surface area contributed by atoms with Gasteiger partial charge in [-0.2, -0.15) is 0 Å². The lowest BCUT2D eigenvalue weighted by Crippen LogP contribution is -2.27. The molecule has 0 amide bonds. The summed E-state index contributed by atoms with van der Waals surface area (Å²) in [6.45, 7) is 1.74. The van der Waals surface area contributed by atoms with Crippen molar-refractivity contribution in [3.8, 4) is 5.75 Å². The molecule has 3 rings (SSSR count). The van der Waals surface area contributed by atoms with Gasteiger partial charge in [-0.05, 0) is 38.1 Å². The summed E-state index contributed by atoms with van der Waals surface area (Å²) in [7, 11) is 0. The summed E-state index contributed by atoms with van der Waals surface area (Å²) >= 11 is 0. The fraction of sp³-hybridized carbons (Fsp3) is 0.462. The van der Waals surface area contributed by atoms with E-state index in [1.165, 1.54) is 0 Å². The molecule has 1 fully saturated rings. The van der Waals surface area contributed by atoms with E-state index in [0.29, 0.717) is 11.1 Å². The van der Waals surface area contributed by atoms with E-state index in [-0.39, 0.29) is 11.7 Å². The van der Waals surface area contributed by atoms with Crippen LogP contribution in [0.15, 0.2) is 18.2 Å². The van der Waals surface area contributed by atoms with Gasteiger partial charge in [0.05, 0.1) is 11.1 Å². The molecule has 1 spiro atoms. The lowest BCUT2D eigenvalue weighted by molar-refractivity contribution is -0.0154. The Kier molecular flexibility index (Phi) is 2.33. The third-order valence-electron chi connectivity index (χ3n) is 3.65. The van der Waals surface area contributed by atoms with Gasteiger partial charge in [-0.25, -0.2) is 4.79 Å². The van der Waals surface area contributed by atoms with E-state index in [1.807, 2.05) is 0 Å². The van der Waals surface area contributed by atoms with E-state index in [4.69, 9.17) is 4.74 Å². The fourth-order valence-electron chi connectivity index (χ4n) is 2.86. The number of fused-ring (bicyclic) bond motifs is 2. The minimum Gasteiger partial charge on any atom is -0.507 e. The second kappa shape index (κ2) is 3.74. The van der Waals surface area contributed by atoms with Crippen LogP contribution in [0.2, 0.25) is 0 Å². The summed E-state index contributed by atoms with van der Waals surface area (Å²) in [6, 6.07) is 5.04. The van der Waals surface area contributed by atoms with E-state index in [1.54, 1.807) is 18.2 Å². The lowest BCUT2D eigenvalue weighted by Gasteiger charge is -2.27. The van der Waals surface area contributed by atoms with Crippen LogP contribution in [0.5, 0.6) is 5.75 Å². The first kappa shape index (κ1) is 10.6. The summed E-state index contributed by atoms with van der Waals surface area (Å²) in [5.41, 5.74) is 0.599. The summed E-state index contributed by atoms with van der Waals surface area (Å²) in [4.78, 5) is 11.8. The molecule has 0 aliphatic carbocycles. The molecule has 1 aromatic carbocycles. The SMILES string of the molecule is O=C1OC2(CCCNCC2)c2c(O)cccc21. The minimum absolute atomic E-state index is 0.176. The highest BCUT2D eigenvalue weighted by molar-refractivity contribution is 5.95. The molecule has 17 heavy (non-hydrogen) atoms. The van der Waals surface area contributed by atoms with Gasteiger partial charge in [0.15, 0.2) is 0 Å². The van der Waals surface area contributed by atoms with Crippen LogP contribution in [0.4, 0.5) is 0 Å². The standard InChI is InChI=1S/C13H15NO3/c15-10-4-1-3-9-11(10)13(17-12(9)16)5-2-7-14-8-6-13/h1,3-4,14-15H,2,5-8H2. The smallest absolute Gasteiger partial charge is 0.339 e. The molecule has 2 aliphatic heterocycles. The van der Waals surface area contributed by atoms with Crippen molar-refractivity contribution in [3.05, 3.63) is 29.3 Å². The van der Waals surface area contributed by atoms with Gasteiger partial charge in [0.1, 0.15) is 11.4 Å². The van der Waals surface area contributed by atoms with Crippen molar-refractivity contribution >= 4 is 5.97 Å². The molecule has 1 unspecified atom stereocenters. The maximum Gasteiger partial charge on any atom is 0.339 e. The van der Waals surface area contributed by atoms with Gasteiger partial charge < -0.3 is 15.2 Å². The summed E-state index contributed by atoms with van der Waals surface area (Å²) in [5.74, 6) is -0.131. The number of carbonyl (C=O) groups excluding carboxylic acids is 1. The molecule has 0 aromatic heterocycles. The highest BCUT2D eigenvalue weighted by atomic mass is 16.6. The van der Waals surface area contributed by atoms with Crippen LogP contribution in [0.25, 0.3) is 0 Å². The highest BCUT2D eigenvalue weighted by Crippen LogP contribution is 2.47. The normalized spacial score (nSPS) is 27.6. The second-order valence-electron chi connectivity index (χ2n) is 4.69. The monoisotopic (exact) mass is 233 g/mol. The lowest BCUT2D eigenvalue weighted by atomic mass is 9.85. The maximum absolute atomic E-state index is 11.8. The Morgan fingerprint density at radius 2 is 2.18 bits per heavy atom. The van der Waals surface area contributed by atoms with Crippen molar-refractivity contribution < 1.29 is 14.6 Å². The molecule has 1 saturated heterocycles. The van der Waals surface area contributed by atoms with E-state index < -0.39 is 5.60 Å². The van der Waals surface area contributed by atoms with E-state index in [9.17, 15) is 9.90 Å². The molecule has 90 valence electrons. The Morgan fingerprint density at radius 1 is 1.29 bits per heavy atom. The highest BCUT2D eigenvalue weighted by Gasteiger charge is 2.47. The largest absolute Gasteiger partial charge is 0.507 e. The average molecular weight is 233 g/mol. The Morgan fingerprint density at radius 3 is 3.06 bits per heavy atom. The van der Waals surface area contributed by atoms with Crippen molar-refractivity contribution in [1.29, 1.82) is 0 Å². The van der Waals surface area contributed by atoms with Gasteiger partial charge in [-0.1, -0.05) is 6.07 Å². The van der Waals surface area contributed by atoms with Crippen molar-refractivity contribution in [2.45, 2.75) is 24.9 Å². The first-order valence-electron chi connectivity index (χ1n) is 5.99. The first-order valence-corrected chi connectivity index (χ1v) is 5.99. The number of ether oxygens (including phenoxy) is 1. The van der Waals surface area contributed by atoms with Crippen molar-refractivity contribution in [2.24, 2.45) is 0 Å². The zero-order valence-electron chi connectivity index (χ0n) is 9.53. The third-order valence-corrected chi connectivity index (χ3v) is 3.65. The number of hydrogen-bond donors (Lipinski definition) is 2. The minimum atomic E-state index is -0.610. The molecule has 4 nitrogen and oxygen atoms in total. The first-order chi connectivity index (χ1) is 8.23. The molecule has 4 heteroatoms. The van der Waals surface area contributed by atoms with Gasteiger partial charge in [0, 0.05) is 6.42 Å². The van der Waals surface area contributed by atoms with Gasteiger partial charge in [0.25, 0.3) is 0 Å². The molecule has 0 saturated carbocycles. The Labute approximate surface area is 99.6 Å². The van der Waals surface area contributed by atoms with E-state index >= 15 is 0 Å². The predicted octanol–water partition coefficient (Wildman–Crippen LogP) is 1.53. The number of benzene rings is 1. The van der Waals surface area contributed by atoms with Gasteiger partial charge in [-0.3, -0.25) is 0 Å². The fourth-order valence-corrected chi connectivity index (χ4v) is 2.86. The molecule has 1 atom stereocenters. The summed E-state index contributed by atoms with van der Waals surface area (Å²) in [5, 5.41) is 13.3. The molecule has 1 aromatic rings. The number of aromatic hydroxyl groups is 1. The molecule has 0 radical (unpaired) electrons. The molecular formula is C13H15NO3. The van der Waals surface area contributed by atoms with Gasteiger partial charge in [0.2, 0.25) is 0 Å². The average Bonchev–Trinajstić information content (AvgIpc) is 2.49. The molecule has 2 N–H and O–H groups in total.